The molecule has 1 aliphatic rings. The van der Waals surface area contributed by atoms with E-state index in [0.717, 1.165) is 30.2 Å². The molecule has 0 atom stereocenters. The molecule has 0 spiro atoms. The van der Waals surface area contributed by atoms with E-state index in [4.69, 9.17) is 0 Å². The number of nitrogens with zero attached hydrogens (tertiary/aromatic N) is 2. The van der Waals surface area contributed by atoms with Gasteiger partial charge in [0.15, 0.2) is 0 Å². The maximum Gasteiger partial charge on any atom is 0.203 e. The minimum atomic E-state index is -0.184. The van der Waals surface area contributed by atoms with Gasteiger partial charge in [0, 0.05) is 18.8 Å². The third-order valence-electron chi connectivity index (χ3n) is 3.40. The molecule has 19 heavy (non-hydrogen) atoms. The van der Waals surface area contributed by atoms with E-state index in [9.17, 15) is 4.39 Å². The fourth-order valence-electron chi connectivity index (χ4n) is 2.25. The standard InChI is InChI=1S/C15H18FN3/c1-11-10-19(14-6-7-14)15(18-11)17-9-8-12-2-4-13(16)5-3-12/h2-5,10,14H,6-9H2,1H3,(H,17,18). The summed E-state index contributed by atoms with van der Waals surface area (Å²) in [5.74, 6) is 0.777. The zero-order valence-corrected chi connectivity index (χ0v) is 11.1. The van der Waals surface area contributed by atoms with Crippen molar-refractivity contribution < 1.29 is 4.39 Å². The van der Waals surface area contributed by atoms with Crippen molar-refractivity contribution in [2.45, 2.75) is 32.2 Å². The third-order valence-corrected chi connectivity index (χ3v) is 3.40. The van der Waals surface area contributed by atoms with Crippen LogP contribution in [0.5, 0.6) is 0 Å². The van der Waals surface area contributed by atoms with Gasteiger partial charge in [0.2, 0.25) is 5.95 Å². The third kappa shape index (κ3) is 2.95. The molecule has 1 fully saturated rings. The van der Waals surface area contributed by atoms with Crippen molar-refractivity contribution in [1.82, 2.24) is 9.55 Å². The molecule has 0 amide bonds. The van der Waals surface area contributed by atoms with Crippen LogP contribution in [0.15, 0.2) is 30.5 Å². The van der Waals surface area contributed by atoms with Crippen LogP contribution in [0.1, 0.15) is 30.1 Å². The summed E-state index contributed by atoms with van der Waals surface area (Å²) in [5.41, 5.74) is 2.19. The number of halogens is 1. The summed E-state index contributed by atoms with van der Waals surface area (Å²) in [6, 6.07) is 7.30. The molecule has 1 aliphatic carbocycles. The highest BCUT2D eigenvalue weighted by molar-refractivity contribution is 5.31. The molecule has 0 aliphatic heterocycles. The second-order valence-electron chi connectivity index (χ2n) is 5.15. The Morgan fingerprint density at radius 1 is 1.32 bits per heavy atom. The van der Waals surface area contributed by atoms with Crippen LogP contribution in [0.4, 0.5) is 10.3 Å². The Labute approximate surface area is 112 Å². The van der Waals surface area contributed by atoms with E-state index >= 15 is 0 Å². The van der Waals surface area contributed by atoms with Crippen molar-refractivity contribution in [3.05, 3.63) is 47.5 Å². The van der Waals surface area contributed by atoms with Gasteiger partial charge in [-0.15, -0.1) is 0 Å². The minimum Gasteiger partial charge on any atom is -0.355 e. The maximum atomic E-state index is 12.8. The fourth-order valence-corrected chi connectivity index (χ4v) is 2.25. The average Bonchev–Trinajstić information content (AvgIpc) is 3.16. The van der Waals surface area contributed by atoms with E-state index in [0.29, 0.717) is 6.04 Å². The predicted octanol–water partition coefficient (Wildman–Crippen LogP) is 3.32. The smallest absolute Gasteiger partial charge is 0.203 e. The minimum absolute atomic E-state index is 0.184. The first-order chi connectivity index (χ1) is 9.22. The summed E-state index contributed by atoms with van der Waals surface area (Å²) in [5, 5.41) is 3.38. The summed E-state index contributed by atoms with van der Waals surface area (Å²) >= 11 is 0. The van der Waals surface area contributed by atoms with Gasteiger partial charge in [0.1, 0.15) is 5.82 Å². The average molecular weight is 259 g/mol. The zero-order valence-electron chi connectivity index (χ0n) is 11.1. The molecular weight excluding hydrogens is 241 g/mol. The molecule has 1 N–H and O–H groups in total. The van der Waals surface area contributed by atoms with Crippen LogP contribution < -0.4 is 5.32 Å². The SMILES string of the molecule is Cc1cn(C2CC2)c(NCCc2ccc(F)cc2)n1. The van der Waals surface area contributed by atoms with E-state index in [1.807, 2.05) is 19.1 Å². The molecule has 100 valence electrons. The molecule has 1 heterocycles. The molecule has 3 nitrogen and oxygen atoms in total. The molecule has 0 radical (unpaired) electrons. The zero-order chi connectivity index (χ0) is 13.2. The molecular formula is C15H18FN3. The number of anilines is 1. The van der Waals surface area contributed by atoms with E-state index in [-0.39, 0.29) is 5.82 Å². The number of nitrogens with one attached hydrogen (secondary N) is 1. The lowest BCUT2D eigenvalue weighted by atomic mass is 10.1. The van der Waals surface area contributed by atoms with E-state index in [1.165, 1.54) is 25.0 Å². The van der Waals surface area contributed by atoms with Crippen LogP contribution in [0.25, 0.3) is 0 Å². The highest BCUT2D eigenvalue weighted by Gasteiger charge is 2.25. The molecule has 1 aromatic heterocycles. The summed E-state index contributed by atoms with van der Waals surface area (Å²) in [6.45, 7) is 2.83. The van der Waals surface area contributed by atoms with Gasteiger partial charge in [-0.2, -0.15) is 0 Å². The van der Waals surface area contributed by atoms with E-state index in [1.54, 1.807) is 0 Å². The Bertz CT molecular complexity index is 555. The Morgan fingerprint density at radius 2 is 2.05 bits per heavy atom. The molecule has 3 rings (SSSR count). The van der Waals surface area contributed by atoms with Crippen LogP contribution in [-0.4, -0.2) is 16.1 Å². The van der Waals surface area contributed by atoms with Gasteiger partial charge in [0.05, 0.1) is 5.69 Å². The number of hydrogen-bond acceptors (Lipinski definition) is 2. The summed E-state index contributed by atoms with van der Waals surface area (Å²) in [7, 11) is 0. The van der Waals surface area contributed by atoms with Crippen molar-refractivity contribution in [2.24, 2.45) is 0 Å². The summed E-state index contributed by atoms with van der Waals surface area (Å²) in [6.07, 6.45) is 5.49. The molecule has 0 unspecified atom stereocenters. The highest BCUT2D eigenvalue weighted by Crippen LogP contribution is 2.37. The molecule has 2 aromatic rings. The van der Waals surface area contributed by atoms with Gasteiger partial charge in [-0.3, -0.25) is 0 Å². The van der Waals surface area contributed by atoms with Crippen LogP contribution in [0, 0.1) is 12.7 Å². The predicted molar refractivity (Wildman–Crippen MR) is 73.8 cm³/mol. The van der Waals surface area contributed by atoms with Gasteiger partial charge in [0.25, 0.3) is 0 Å². The lowest BCUT2D eigenvalue weighted by Gasteiger charge is -2.08. The second-order valence-corrected chi connectivity index (χ2v) is 5.15. The van der Waals surface area contributed by atoms with Gasteiger partial charge >= 0.3 is 0 Å². The number of aromatic nitrogens is 2. The number of imidazole rings is 1. The van der Waals surface area contributed by atoms with Crippen molar-refractivity contribution in [1.29, 1.82) is 0 Å². The van der Waals surface area contributed by atoms with Crippen molar-refractivity contribution >= 4 is 5.95 Å². The normalized spacial score (nSPS) is 14.6. The van der Waals surface area contributed by atoms with Crippen LogP contribution >= 0.6 is 0 Å². The van der Waals surface area contributed by atoms with Crippen LogP contribution in [0.2, 0.25) is 0 Å². The first kappa shape index (κ1) is 12.2. The number of rotatable bonds is 5. The van der Waals surface area contributed by atoms with Crippen molar-refractivity contribution in [2.75, 3.05) is 11.9 Å². The lowest BCUT2D eigenvalue weighted by molar-refractivity contribution is 0.627. The molecule has 0 saturated heterocycles. The van der Waals surface area contributed by atoms with Gasteiger partial charge in [-0.25, -0.2) is 9.37 Å². The fraction of sp³-hybridized carbons (Fsp3) is 0.400. The molecule has 1 saturated carbocycles. The summed E-state index contributed by atoms with van der Waals surface area (Å²) in [4.78, 5) is 4.51. The lowest BCUT2D eigenvalue weighted by Crippen LogP contribution is -2.10. The van der Waals surface area contributed by atoms with Gasteiger partial charge in [-0.05, 0) is 43.9 Å². The Kier molecular flexibility index (Phi) is 3.23. The van der Waals surface area contributed by atoms with E-state index < -0.39 is 0 Å². The maximum absolute atomic E-state index is 12.8. The molecule has 1 aromatic carbocycles. The van der Waals surface area contributed by atoms with Crippen LogP contribution in [0.3, 0.4) is 0 Å². The largest absolute Gasteiger partial charge is 0.355 e. The highest BCUT2D eigenvalue weighted by atomic mass is 19.1. The quantitative estimate of drug-likeness (QED) is 0.892. The van der Waals surface area contributed by atoms with Crippen molar-refractivity contribution in [3.8, 4) is 0 Å². The first-order valence-electron chi connectivity index (χ1n) is 6.76. The topological polar surface area (TPSA) is 29.9 Å². The number of aryl methyl sites for hydroxylation is 1. The second kappa shape index (κ2) is 5.03. The van der Waals surface area contributed by atoms with Crippen molar-refractivity contribution in [3.63, 3.8) is 0 Å². The Balaban J connectivity index is 1.58. The van der Waals surface area contributed by atoms with Crippen LogP contribution in [-0.2, 0) is 6.42 Å². The van der Waals surface area contributed by atoms with Gasteiger partial charge in [-0.1, -0.05) is 12.1 Å². The Morgan fingerprint density at radius 3 is 2.74 bits per heavy atom. The number of hydrogen-bond donors (Lipinski definition) is 1. The monoisotopic (exact) mass is 259 g/mol. The number of benzene rings is 1. The van der Waals surface area contributed by atoms with Gasteiger partial charge < -0.3 is 9.88 Å². The molecule has 0 bridgehead atoms. The molecule has 4 heteroatoms. The van der Waals surface area contributed by atoms with E-state index in [2.05, 4.69) is 21.1 Å². The first-order valence-corrected chi connectivity index (χ1v) is 6.76. The summed E-state index contributed by atoms with van der Waals surface area (Å²) < 4.78 is 15.0. The Hall–Kier alpha value is -1.84.